The maximum absolute atomic E-state index is 13.4. The molecule has 1 atom stereocenters. The third kappa shape index (κ3) is 4.32. The molecule has 6 heteroatoms. The smallest absolute Gasteiger partial charge is 0.326 e. The number of ether oxygens (including phenoxy) is 1. The van der Waals surface area contributed by atoms with Gasteiger partial charge >= 0.3 is 6.03 Å². The molecule has 2 saturated heterocycles. The van der Waals surface area contributed by atoms with E-state index in [-0.39, 0.29) is 23.4 Å². The van der Waals surface area contributed by atoms with Crippen molar-refractivity contribution in [1.82, 2.24) is 15.1 Å². The summed E-state index contributed by atoms with van der Waals surface area (Å²) in [5.41, 5.74) is 0.772. The van der Waals surface area contributed by atoms with Crippen molar-refractivity contribution in [2.75, 3.05) is 19.8 Å². The first-order chi connectivity index (χ1) is 14.7. The van der Waals surface area contributed by atoms with Gasteiger partial charge in [-0.1, -0.05) is 32.9 Å². The van der Waals surface area contributed by atoms with Gasteiger partial charge in [0.25, 0.3) is 5.91 Å². The Morgan fingerprint density at radius 2 is 1.77 bits per heavy atom. The summed E-state index contributed by atoms with van der Waals surface area (Å²) in [6.07, 6.45) is 5.58. The molecule has 2 aliphatic heterocycles. The van der Waals surface area contributed by atoms with Crippen molar-refractivity contribution in [3.8, 4) is 5.75 Å². The highest BCUT2D eigenvalue weighted by Gasteiger charge is 2.53. The van der Waals surface area contributed by atoms with Crippen LogP contribution in [-0.2, 0) is 4.79 Å². The second kappa shape index (κ2) is 8.45. The highest BCUT2D eigenvalue weighted by atomic mass is 16.5. The van der Waals surface area contributed by atoms with E-state index in [1.165, 1.54) is 10.5 Å². The lowest BCUT2D eigenvalue weighted by Crippen LogP contribution is -2.51. The maximum Gasteiger partial charge on any atom is 0.326 e. The summed E-state index contributed by atoms with van der Waals surface area (Å²) in [4.78, 5) is 30.0. The molecule has 31 heavy (non-hydrogen) atoms. The Balaban J connectivity index is 1.43. The Kier molecular flexibility index (Phi) is 6.03. The van der Waals surface area contributed by atoms with Gasteiger partial charge in [-0.15, -0.1) is 0 Å². The molecule has 3 aliphatic rings. The van der Waals surface area contributed by atoms with Gasteiger partial charge in [-0.3, -0.25) is 9.69 Å². The second-order valence-corrected chi connectivity index (χ2v) is 10.5. The van der Waals surface area contributed by atoms with Crippen LogP contribution in [0.25, 0.3) is 0 Å². The SMILES string of the molecule is CCOc1ccc(C2CCCN2CN2C(=O)NC3(CCC(C(C)(C)C)CC3)C2=O)cc1. The zero-order chi connectivity index (χ0) is 22.2. The van der Waals surface area contributed by atoms with Gasteiger partial charge in [0.1, 0.15) is 11.3 Å². The van der Waals surface area contributed by atoms with Crippen LogP contribution in [0.15, 0.2) is 24.3 Å². The molecule has 6 nitrogen and oxygen atoms in total. The molecule has 0 aromatic heterocycles. The summed E-state index contributed by atoms with van der Waals surface area (Å²) in [7, 11) is 0. The average molecular weight is 428 g/mol. The molecule has 170 valence electrons. The standard InChI is InChI=1S/C25H37N3O3/c1-5-31-20-10-8-18(9-11-20)21-7-6-16-27(21)17-28-22(29)25(26-23(28)30)14-12-19(13-15-25)24(2,3)4/h8-11,19,21H,5-7,12-17H2,1-4H3,(H,26,30). The minimum atomic E-state index is -0.687. The summed E-state index contributed by atoms with van der Waals surface area (Å²) < 4.78 is 5.56. The van der Waals surface area contributed by atoms with Gasteiger partial charge in [-0.05, 0) is 74.5 Å². The van der Waals surface area contributed by atoms with Crippen molar-refractivity contribution in [3.05, 3.63) is 29.8 Å². The van der Waals surface area contributed by atoms with Gasteiger partial charge in [0, 0.05) is 12.6 Å². The number of hydrogen-bond donors (Lipinski definition) is 1. The molecule has 1 N–H and O–H groups in total. The molecule has 3 fully saturated rings. The number of imide groups is 1. The van der Waals surface area contributed by atoms with Gasteiger partial charge in [0.2, 0.25) is 0 Å². The van der Waals surface area contributed by atoms with Crippen LogP contribution in [0.3, 0.4) is 0 Å². The number of hydrogen-bond acceptors (Lipinski definition) is 4. The van der Waals surface area contributed by atoms with Crippen LogP contribution in [0.5, 0.6) is 5.75 Å². The van der Waals surface area contributed by atoms with E-state index in [9.17, 15) is 9.59 Å². The molecule has 0 radical (unpaired) electrons. The molecule has 4 rings (SSSR count). The van der Waals surface area contributed by atoms with Crippen molar-refractivity contribution in [1.29, 1.82) is 0 Å². The Morgan fingerprint density at radius 1 is 1.10 bits per heavy atom. The van der Waals surface area contributed by atoms with Gasteiger partial charge in [0.15, 0.2) is 0 Å². The van der Waals surface area contributed by atoms with Gasteiger partial charge < -0.3 is 10.1 Å². The van der Waals surface area contributed by atoms with Crippen LogP contribution < -0.4 is 10.1 Å². The van der Waals surface area contributed by atoms with Crippen LogP contribution in [0, 0.1) is 11.3 Å². The molecular weight excluding hydrogens is 390 g/mol. The molecule has 1 aromatic carbocycles. The Labute approximate surface area is 186 Å². The molecule has 0 bridgehead atoms. The fourth-order valence-corrected chi connectivity index (χ4v) is 5.63. The summed E-state index contributed by atoms with van der Waals surface area (Å²) in [6, 6.07) is 8.22. The molecule has 1 unspecified atom stereocenters. The van der Waals surface area contributed by atoms with E-state index in [0.29, 0.717) is 19.2 Å². The molecule has 1 saturated carbocycles. The van der Waals surface area contributed by atoms with Crippen molar-refractivity contribution in [2.45, 2.75) is 77.8 Å². The van der Waals surface area contributed by atoms with E-state index >= 15 is 0 Å². The molecular formula is C25H37N3O3. The zero-order valence-electron chi connectivity index (χ0n) is 19.4. The van der Waals surface area contributed by atoms with E-state index in [0.717, 1.165) is 50.8 Å². The zero-order valence-corrected chi connectivity index (χ0v) is 19.4. The molecule has 3 amide bonds. The van der Waals surface area contributed by atoms with Crippen molar-refractivity contribution < 1.29 is 14.3 Å². The largest absolute Gasteiger partial charge is 0.494 e. The Bertz CT molecular complexity index is 806. The highest BCUT2D eigenvalue weighted by Crippen LogP contribution is 2.44. The van der Waals surface area contributed by atoms with Crippen LogP contribution in [-0.4, -0.2) is 47.1 Å². The number of amides is 3. The summed E-state index contributed by atoms with van der Waals surface area (Å²) in [5.74, 6) is 1.44. The minimum absolute atomic E-state index is 0.0257. The molecule has 1 aromatic rings. The predicted octanol–water partition coefficient (Wildman–Crippen LogP) is 4.71. The summed E-state index contributed by atoms with van der Waals surface area (Å²) in [5, 5.41) is 3.09. The first-order valence-electron chi connectivity index (χ1n) is 11.8. The number of urea groups is 1. The number of carbonyl (C=O) groups is 2. The van der Waals surface area contributed by atoms with Crippen molar-refractivity contribution in [2.24, 2.45) is 11.3 Å². The van der Waals surface area contributed by atoms with Crippen LogP contribution in [0.1, 0.15) is 77.8 Å². The fraction of sp³-hybridized carbons (Fsp3) is 0.680. The number of carbonyl (C=O) groups excluding carboxylic acids is 2. The third-order valence-electron chi connectivity index (χ3n) is 7.57. The average Bonchev–Trinajstić information content (AvgIpc) is 3.28. The quantitative estimate of drug-likeness (QED) is 0.692. The number of benzene rings is 1. The van der Waals surface area contributed by atoms with Gasteiger partial charge in [0.05, 0.1) is 13.3 Å². The molecule has 1 aliphatic carbocycles. The first kappa shape index (κ1) is 22.1. The van der Waals surface area contributed by atoms with E-state index in [1.54, 1.807) is 0 Å². The topological polar surface area (TPSA) is 61.9 Å². The maximum atomic E-state index is 13.4. The van der Waals surface area contributed by atoms with Crippen molar-refractivity contribution in [3.63, 3.8) is 0 Å². The van der Waals surface area contributed by atoms with Crippen LogP contribution in [0.4, 0.5) is 4.79 Å². The molecule has 1 spiro atoms. The normalized spacial score (nSPS) is 29.6. The van der Waals surface area contributed by atoms with E-state index < -0.39 is 5.54 Å². The fourth-order valence-electron chi connectivity index (χ4n) is 5.63. The van der Waals surface area contributed by atoms with E-state index in [4.69, 9.17) is 4.74 Å². The van der Waals surface area contributed by atoms with E-state index in [2.05, 4.69) is 43.1 Å². The lowest BCUT2D eigenvalue weighted by atomic mass is 9.67. The first-order valence-corrected chi connectivity index (χ1v) is 11.8. The van der Waals surface area contributed by atoms with Gasteiger partial charge in [-0.25, -0.2) is 9.69 Å². The monoisotopic (exact) mass is 427 g/mol. The van der Waals surface area contributed by atoms with Crippen LogP contribution in [0.2, 0.25) is 0 Å². The lowest BCUT2D eigenvalue weighted by Gasteiger charge is -2.40. The number of rotatable bonds is 5. The van der Waals surface area contributed by atoms with E-state index in [1.807, 2.05) is 19.1 Å². The minimum Gasteiger partial charge on any atom is -0.494 e. The second-order valence-electron chi connectivity index (χ2n) is 10.5. The van der Waals surface area contributed by atoms with Gasteiger partial charge in [-0.2, -0.15) is 0 Å². The Morgan fingerprint density at radius 3 is 2.39 bits per heavy atom. The number of nitrogens with zero attached hydrogens (tertiary/aromatic N) is 2. The Hall–Kier alpha value is -2.08. The molecule has 2 heterocycles. The number of likely N-dealkylation sites (tertiary alicyclic amines) is 1. The summed E-state index contributed by atoms with van der Waals surface area (Å²) >= 11 is 0. The van der Waals surface area contributed by atoms with Crippen LogP contribution >= 0.6 is 0 Å². The third-order valence-corrected chi connectivity index (χ3v) is 7.57. The lowest BCUT2D eigenvalue weighted by molar-refractivity contribution is -0.134. The predicted molar refractivity (Wildman–Crippen MR) is 121 cm³/mol. The van der Waals surface area contributed by atoms with Crippen molar-refractivity contribution >= 4 is 11.9 Å². The summed E-state index contributed by atoms with van der Waals surface area (Å²) in [6.45, 7) is 10.7. The number of nitrogens with one attached hydrogen (secondary N) is 1. The highest BCUT2D eigenvalue weighted by molar-refractivity contribution is 6.07.